The second-order valence-electron chi connectivity index (χ2n) is 4.57. The first-order valence-electron chi connectivity index (χ1n) is 6.66. The van der Waals surface area contributed by atoms with E-state index >= 15 is 0 Å². The number of aliphatic hydroxyl groups excluding tert-OH is 1. The molecule has 5 nitrogen and oxygen atoms in total. The van der Waals surface area contributed by atoms with Crippen molar-refractivity contribution < 1.29 is 14.4 Å². The van der Waals surface area contributed by atoms with Gasteiger partial charge in [0.1, 0.15) is 5.75 Å². The summed E-state index contributed by atoms with van der Waals surface area (Å²) in [6.07, 6.45) is 0. The molecule has 3 rings (SSSR count). The first-order chi connectivity index (χ1) is 10.8. The largest absolute Gasteiger partial charge is 0.483 e. The lowest BCUT2D eigenvalue weighted by Gasteiger charge is -2.07. The van der Waals surface area contributed by atoms with Crippen molar-refractivity contribution in [2.75, 3.05) is 0 Å². The van der Waals surface area contributed by atoms with Crippen LogP contribution in [0.15, 0.2) is 53.1 Å². The molecule has 6 heteroatoms. The van der Waals surface area contributed by atoms with Crippen LogP contribution in [0.2, 0.25) is 5.02 Å². The van der Waals surface area contributed by atoms with E-state index in [1.54, 1.807) is 24.3 Å². The molecular formula is C16H13ClN2O3. The molecule has 112 valence electrons. The van der Waals surface area contributed by atoms with Crippen molar-refractivity contribution in [1.29, 1.82) is 0 Å². The van der Waals surface area contributed by atoms with Crippen molar-refractivity contribution in [1.82, 2.24) is 10.1 Å². The number of rotatable bonds is 5. The van der Waals surface area contributed by atoms with Gasteiger partial charge in [-0.1, -0.05) is 35.0 Å². The molecular weight excluding hydrogens is 304 g/mol. The molecule has 22 heavy (non-hydrogen) atoms. The summed E-state index contributed by atoms with van der Waals surface area (Å²) >= 11 is 5.85. The Balaban J connectivity index is 1.71. The summed E-state index contributed by atoms with van der Waals surface area (Å²) in [6, 6.07) is 14.4. The van der Waals surface area contributed by atoms with Gasteiger partial charge in [-0.15, -0.1) is 0 Å². The van der Waals surface area contributed by atoms with Gasteiger partial charge in [0.05, 0.1) is 6.61 Å². The van der Waals surface area contributed by atoms with E-state index in [0.717, 1.165) is 5.56 Å². The molecule has 2 aromatic carbocycles. The smallest absolute Gasteiger partial charge is 0.264 e. The zero-order valence-corrected chi connectivity index (χ0v) is 12.3. The summed E-state index contributed by atoms with van der Waals surface area (Å²) in [4.78, 5) is 4.27. The van der Waals surface area contributed by atoms with Gasteiger partial charge in [-0.25, -0.2) is 0 Å². The molecule has 0 aliphatic rings. The Bertz CT molecular complexity index is 756. The second-order valence-corrected chi connectivity index (χ2v) is 5.01. The number of nitrogens with zero attached hydrogens (tertiary/aromatic N) is 2. The van der Waals surface area contributed by atoms with E-state index in [1.807, 2.05) is 24.3 Å². The topological polar surface area (TPSA) is 68.4 Å². The zero-order chi connectivity index (χ0) is 15.4. The molecule has 0 aliphatic carbocycles. The Morgan fingerprint density at radius 2 is 1.86 bits per heavy atom. The molecule has 0 saturated heterocycles. The van der Waals surface area contributed by atoms with E-state index < -0.39 is 0 Å². The molecule has 1 aromatic heterocycles. The van der Waals surface area contributed by atoms with Gasteiger partial charge >= 0.3 is 0 Å². The van der Waals surface area contributed by atoms with Gasteiger partial charge in [0.15, 0.2) is 6.61 Å². The van der Waals surface area contributed by atoms with E-state index in [9.17, 15) is 5.11 Å². The Morgan fingerprint density at radius 3 is 2.64 bits per heavy atom. The molecule has 0 unspecified atom stereocenters. The van der Waals surface area contributed by atoms with Crippen molar-refractivity contribution in [2.24, 2.45) is 0 Å². The first-order valence-corrected chi connectivity index (χ1v) is 7.04. The zero-order valence-electron chi connectivity index (χ0n) is 11.6. The van der Waals surface area contributed by atoms with Crippen LogP contribution in [0.3, 0.4) is 0 Å². The van der Waals surface area contributed by atoms with Crippen LogP contribution in [0.5, 0.6) is 5.75 Å². The number of aliphatic hydroxyl groups is 1. The number of para-hydroxylation sites is 1. The summed E-state index contributed by atoms with van der Waals surface area (Å²) < 4.78 is 10.8. The predicted molar refractivity (Wildman–Crippen MR) is 81.4 cm³/mol. The molecule has 1 N–H and O–H groups in total. The highest BCUT2D eigenvalue weighted by Gasteiger charge is 2.10. The van der Waals surface area contributed by atoms with Gasteiger partial charge in [-0.3, -0.25) is 0 Å². The van der Waals surface area contributed by atoms with Crippen molar-refractivity contribution in [3.8, 4) is 17.1 Å². The highest BCUT2D eigenvalue weighted by molar-refractivity contribution is 6.30. The molecule has 0 saturated carbocycles. The molecule has 0 fully saturated rings. The van der Waals surface area contributed by atoms with Crippen LogP contribution in [0.1, 0.15) is 11.5 Å². The standard InChI is InChI=1S/C16H13ClN2O3/c17-13-7-5-11(6-8-13)16-18-15(22-19-16)10-21-14-4-2-1-3-12(14)9-20/h1-8,20H,9-10H2. The van der Waals surface area contributed by atoms with Crippen molar-refractivity contribution in [3.63, 3.8) is 0 Å². The number of halogens is 1. The highest BCUT2D eigenvalue weighted by Crippen LogP contribution is 2.21. The van der Waals surface area contributed by atoms with Crippen LogP contribution >= 0.6 is 11.6 Å². The third-order valence-corrected chi connectivity index (χ3v) is 3.32. The maximum atomic E-state index is 9.25. The van der Waals surface area contributed by atoms with Crippen LogP contribution in [0, 0.1) is 0 Å². The number of ether oxygens (including phenoxy) is 1. The fraction of sp³-hybridized carbons (Fsp3) is 0.125. The van der Waals surface area contributed by atoms with E-state index in [-0.39, 0.29) is 13.2 Å². The van der Waals surface area contributed by atoms with Crippen LogP contribution in [-0.2, 0) is 13.2 Å². The highest BCUT2D eigenvalue weighted by atomic mass is 35.5. The summed E-state index contributed by atoms with van der Waals surface area (Å²) in [5, 5.41) is 13.8. The van der Waals surface area contributed by atoms with Gasteiger partial charge in [0.25, 0.3) is 5.89 Å². The second kappa shape index (κ2) is 6.60. The average molecular weight is 317 g/mol. The van der Waals surface area contributed by atoms with Crippen LogP contribution < -0.4 is 4.74 Å². The number of hydrogen-bond donors (Lipinski definition) is 1. The lowest BCUT2D eigenvalue weighted by Crippen LogP contribution is -1.98. The average Bonchev–Trinajstić information content (AvgIpc) is 3.03. The molecule has 0 spiro atoms. The van der Waals surface area contributed by atoms with Gasteiger partial charge < -0.3 is 14.4 Å². The van der Waals surface area contributed by atoms with Crippen molar-refractivity contribution >= 4 is 11.6 Å². The van der Waals surface area contributed by atoms with E-state index in [1.165, 1.54) is 0 Å². The molecule has 0 atom stereocenters. The number of hydrogen-bond acceptors (Lipinski definition) is 5. The molecule has 0 radical (unpaired) electrons. The Labute approximate surface area is 132 Å². The first kappa shape index (κ1) is 14.6. The minimum atomic E-state index is -0.0873. The van der Waals surface area contributed by atoms with Gasteiger partial charge in [-0.2, -0.15) is 4.98 Å². The Kier molecular flexibility index (Phi) is 4.37. The van der Waals surface area contributed by atoms with Gasteiger partial charge in [0.2, 0.25) is 5.82 Å². The summed E-state index contributed by atoms with van der Waals surface area (Å²) in [5.74, 6) is 1.43. The van der Waals surface area contributed by atoms with Crippen molar-refractivity contribution in [2.45, 2.75) is 13.2 Å². The summed E-state index contributed by atoms with van der Waals surface area (Å²) in [6.45, 7) is 0.0492. The van der Waals surface area contributed by atoms with E-state index in [4.69, 9.17) is 20.9 Å². The fourth-order valence-electron chi connectivity index (χ4n) is 1.94. The third kappa shape index (κ3) is 3.27. The monoisotopic (exact) mass is 316 g/mol. The van der Waals surface area contributed by atoms with Crippen LogP contribution in [0.25, 0.3) is 11.4 Å². The SMILES string of the molecule is OCc1ccccc1OCc1nc(-c2ccc(Cl)cc2)no1. The lowest BCUT2D eigenvalue weighted by molar-refractivity contribution is 0.229. The minimum absolute atomic E-state index is 0.0873. The van der Waals surface area contributed by atoms with Gasteiger partial charge in [-0.05, 0) is 30.3 Å². The predicted octanol–water partition coefficient (Wildman–Crippen LogP) is 3.46. The minimum Gasteiger partial charge on any atom is -0.483 e. The Hall–Kier alpha value is -2.37. The van der Waals surface area contributed by atoms with Crippen LogP contribution in [-0.4, -0.2) is 15.2 Å². The fourth-order valence-corrected chi connectivity index (χ4v) is 2.07. The molecule has 0 bridgehead atoms. The molecule has 0 amide bonds. The molecule has 1 heterocycles. The summed E-state index contributed by atoms with van der Waals surface area (Å²) in [7, 11) is 0. The third-order valence-electron chi connectivity index (χ3n) is 3.06. The maximum absolute atomic E-state index is 9.25. The normalized spacial score (nSPS) is 10.6. The van der Waals surface area contributed by atoms with Crippen LogP contribution in [0.4, 0.5) is 0 Å². The number of benzene rings is 2. The number of aromatic nitrogens is 2. The summed E-state index contributed by atoms with van der Waals surface area (Å²) in [5.41, 5.74) is 1.52. The quantitative estimate of drug-likeness (QED) is 0.780. The van der Waals surface area contributed by atoms with E-state index in [0.29, 0.717) is 28.1 Å². The maximum Gasteiger partial charge on any atom is 0.264 e. The molecule has 0 aliphatic heterocycles. The molecule has 3 aromatic rings. The van der Waals surface area contributed by atoms with Gasteiger partial charge in [0, 0.05) is 16.1 Å². The lowest BCUT2D eigenvalue weighted by atomic mass is 10.2. The Morgan fingerprint density at radius 1 is 1.09 bits per heavy atom. The van der Waals surface area contributed by atoms with Crippen molar-refractivity contribution in [3.05, 3.63) is 65.0 Å². The van der Waals surface area contributed by atoms with E-state index in [2.05, 4.69) is 10.1 Å².